The predicted octanol–water partition coefficient (Wildman–Crippen LogP) is 9.14. The van der Waals surface area contributed by atoms with Gasteiger partial charge in [0.05, 0.1) is 0 Å². The van der Waals surface area contributed by atoms with Crippen LogP contribution in [0.15, 0.2) is 59.6 Å². The fourth-order valence-electron chi connectivity index (χ4n) is 4.66. The van der Waals surface area contributed by atoms with E-state index < -0.39 is 14.4 Å². The highest BCUT2D eigenvalue weighted by molar-refractivity contribution is 9.10. The quantitative estimate of drug-likeness (QED) is 0.0929. The van der Waals surface area contributed by atoms with Crippen LogP contribution < -0.4 is 4.74 Å². The van der Waals surface area contributed by atoms with Crippen molar-refractivity contribution < 1.29 is 14.6 Å². The van der Waals surface area contributed by atoms with Gasteiger partial charge >= 0.3 is 0 Å². The van der Waals surface area contributed by atoms with Gasteiger partial charge in [-0.25, -0.2) is 0 Å². The average molecular weight is 600 g/mol. The summed E-state index contributed by atoms with van der Waals surface area (Å²) in [4.78, 5) is 10.8. The van der Waals surface area contributed by atoms with Gasteiger partial charge in [0.25, 0.3) is 0 Å². The Labute approximate surface area is 241 Å². The molecule has 2 atom stereocenters. The van der Waals surface area contributed by atoms with Crippen molar-refractivity contribution >= 4 is 24.2 Å². The monoisotopic (exact) mass is 598 g/mol. The molecule has 2 aromatic rings. The van der Waals surface area contributed by atoms with Crippen LogP contribution in [0.5, 0.6) is 5.75 Å². The van der Waals surface area contributed by atoms with Gasteiger partial charge in [-0.1, -0.05) is 105 Å². The Morgan fingerprint density at radius 1 is 1.11 bits per heavy atom. The largest absolute Gasteiger partial charge is 0.489 e. The third kappa shape index (κ3) is 10.0. The first kappa shape index (κ1) is 32.4. The highest BCUT2D eigenvalue weighted by Crippen LogP contribution is 2.43. The maximum absolute atomic E-state index is 11.1. The fraction of sp³-hybridized carbons (Fsp3) is 0.515. The summed E-state index contributed by atoms with van der Waals surface area (Å²) in [5.74, 6) is 7.63. The minimum Gasteiger partial charge on any atom is -0.489 e. The van der Waals surface area contributed by atoms with E-state index in [1.54, 1.807) is 0 Å². The van der Waals surface area contributed by atoms with Gasteiger partial charge in [0.1, 0.15) is 18.5 Å². The van der Waals surface area contributed by atoms with Crippen LogP contribution in [0.2, 0.25) is 18.1 Å². The molecule has 0 saturated carbocycles. The van der Waals surface area contributed by atoms with Crippen LogP contribution in [0.25, 0.3) is 0 Å². The topological polar surface area (TPSA) is 49.7 Å². The first-order chi connectivity index (χ1) is 18.0. The summed E-state index contributed by atoms with van der Waals surface area (Å²) in [5, 5.41) is 11.1. The van der Waals surface area contributed by atoms with E-state index in [0.29, 0.717) is 18.9 Å². The Hall–Kier alpha value is -1.84. The van der Waals surface area contributed by atoms with E-state index in [1.165, 1.54) is 25.7 Å². The second kappa shape index (κ2) is 15.7. The summed E-state index contributed by atoms with van der Waals surface area (Å²) in [6, 6.07) is 13.9. The van der Waals surface area contributed by atoms with Crippen molar-refractivity contribution in [3.8, 4) is 17.6 Å². The van der Waals surface area contributed by atoms with Crippen LogP contribution in [-0.2, 0) is 13.0 Å². The number of benzene rings is 2. The molecule has 0 amide bonds. The lowest BCUT2D eigenvalue weighted by Gasteiger charge is -2.38. The van der Waals surface area contributed by atoms with Crippen molar-refractivity contribution in [3.63, 3.8) is 0 Å². The molecule has 0 saturated heterocycles. The van der Waals surface area contributed by atoms with Gasteiger partial charge in [-0.3, -0.25) is 0 Å². The summed E-state index contributed by atoms with van der Waals surface area (Å²) in [6.45, 7) is 15.1. The van der Waals surface area contributed by atoms with Gasteiger partial charge in [-0.05, 0) is 61.0 Å². The van der Waals surface area contributed by atoms with E-state index in [4.69, 9.17) is 4.74 Å². The second-order valence-electron chi connectivity index (χ2n) is 11.5. The van der Waals surface area contributed by atoms with Gasteiger partial charge in [0.2, 0.25) is 0 Å². The number of hydrogen-bond acceptors (Lipinski definition) is 3. The van der Waals surface area contributed by atoms with E-state index in [1.807, 2.05) is 61.6 Å². The van der Waals surface area contributed by atoms with E-state index in [0.717, 1.165) is 46.2 Å². The summed E-state index contributed by atoms with van der Waals surface area (Å²) in [6.07, 6.45) is 9.06. The van der Waals surface area contributed by atoms with E-state index >= 15 is 0 Å². The maximum Gasteiger partial charge on any atom is 0.188 e. The molecule has 0 aromatic heterocycles. The number of halogens is 1. The molecular weight excluding hydrogens is 552 g/mol. The molecule has 0 radical (unpaired) electrons. The van der Waals surface area contributed by atoms with Crippen molar-refractivity contribution in [2.24, 2.45) is 5.92 Å². The fourth-order valence-corrected chi connectivity index (χ4v) is 6.03. The zero-order valence-corrected chi connectivity index (χ0v) is 26.6. The zero-order chi connectivity index (χ0) is 28.2. The zero-order valence-electron chi connectivity index (χ0n) is 24.0. The van der Waals surface area contributed by atoms with Gasteiger partial charge in [-0.2, -0.15) is 0 Å². The summed E-state index contributed by atoms with van der Waals surface area (Å²) in [5.41, 5.74) is 2.74. The summed E-state index contributed by atoms with van der Waals surface area (Å²) < 4.78 is 6.97. The molecule has 3 nitrogen and oxygen atoms in total. The molecule has 5 heteroatoms. The van der Waals surface area contributed by atoms with E-state index in [9.17, 15) is 9.90 Å². The van der Waals surface area contributed by atoms with Gasteiger partial charge in [0.15, 0.2) is 8.32 Å². The number of aliphatic hydroxyl groups is 1. The number of unbranched alkanes of at least 4 members (excludes halogenated alkanes) is 2. The van der Waals surface area contributed by atoms with Crippen LogP contribution in [0.4, 0.5) is 0 Å². The lowest BCUT2D eigenvalue weighted by atomic mass is 9.88. The number of rotatable bonds is 15. The lowest BCUT2D eigenvalue weighted by Crippen LogP contribution is -2.40. The highest BCUT2D eigenvalue weighted by atomic mass is 79.9. The van der Waals surface area contributed by atoms with Crippen molar-refractivity contribution in [3.05, 3.63) is 76.3 Å². The number of hydrogen-bond donors (Lipinski definition) is 2. The van der Waals surface area contributed by atoms with Crippen molar-refractivity contribution in [1.82, 2.24) is 0 Å². The Morgan fingerprint density at radius 3 is 2.45 bits per heavy atom. The molecule has 0 heterocycles. The van der Waals surface area contributed by atoms with Crippen LogP contribution in [-0.4, -0.2) is 18.2 Å². The van der Waals surface area contributed by atoms with Gasteiger partial charge in [-0.15, -0.1) is 12.5 Å². The Kier molecular flexibility index (Phi) is 13.4. The Morgan fingerprint density at radius 2 is 1.82 bits per heavy atom. The number of aliphatic hydroxyl groups excluding tert-OH is 1. The molecule has 38 heavy (non-hydrogen) atoms. The van der Waals surface area contributed by atoms with Crippen molar-refractivity contribution in [2.75, 3.05) is 0 Å². The molecule has 0 aliphatic rings. The molecule has 2 unspecified atom stereocenters. The first-order valence-electron chi connectivity index (χ1n) is 14.0. The molecule has 2 N–H and O–H groups in total. The van der Waals surface area contributed by atoms with Crippen LogP contribution >= 0.6 is 15.9 Å². The van der Waals surface area contributed by atoms with Crippen LogP contribution in [0.1, 0.15) is 88.5 Å². The van der Waals surface area contributed by atoms with Crippen molar-refractivity contribution in [2.45, 2.75) is 103 Å². The molecule has 208 valence electrons. The van der Waals surface area contributed by atoms with Crippen LogP contribution in [0, 0.1) is 17.8 Å². The maximum atomic E-state index is 11.1. The molecule has 0 fully saturated rings. The Bertz CT molecular complexity index is 1060. The molecular formula is C33H47BrO3Si. The molecule has 0 aliphatic carbocycles. The van der Waals surface area contributed by atoms with Gasteiger partial charge in [0, 0.05) is 22.0 Å². The summed E-state index contributed by atoms with van der Waals surface area (Å²) >= 11 is 3.63. The molecule has 2 aromatic carbocycles. The molecule has 0 aliphatic heterocycles. The van der Waals surface area contributed by atoms with Crippen LogP contribution in [0.3, 0.4) is 0 Å². The SMILES string of the molecule is C=CCc1c(OCc2ccccc2)ccc(Br)c1C(O)C#CCCC(CCCCC)CC(C)(C)[Si](C)(C)O. The third-order valence-corrected chi connectivity index (χ3v) is 11.9. The Balaban J connectivity index is 2.15. The second-order valence-corrected chi connectivity index (χ2v) is 16.8. The first-order valence-corrected chi connectivity index (χ1v) is 17.7. The lowest BCUT2D eigenvalue weighted by molar-refractivity contribution is 0.234. The number of ether oxygens (including phenoxy) is 1. The average Bonchev–Trinajstić information content (AvgIpc) is 2.86. The molecule has 0 bridgehead atoms. The molecule has 0 spiro atoms. The number of allylic oxidation sites excluding steroid dienone is 1. The smallest absolute Gasteiger partial charge is 0.188 e. The standard InChI is InChI=1S/C33H47BrO3Si/c1-7-9-11-17-26(24-33(3,4)38(5,6)36)18-14-15-21-30(35)32-28(16-8-2)31(23-22-29(32)34)37-25-27-19-12-10-13-20-27/h8,10,12-13,19-20,22-23,26,30,35-36H,2,7,9,11,14,16-18,24-25H2,1,3-6H3. The van der Waals surface area contributed by atoms with E-state index in [2.05, 4.69) is 55.1 Å². The third-order valence-electron chi connectivity index (χ3n) is 7.71. The van der Waals surface area contributed by atoms with Gasteiger partial charge < -0.3 is 14.6 Å². The minimum atomic E-state index is -2.26. The highest BCUT2D eigenvalue weighted by Gasteiger charge is 2.39. The predicted molar refractivity (Wildman–Crippen MR) is 167 cm³/mol. The normalized spacial score (nSPS) is 13.4. The minimum absolute atomic E-state index is 0.0402. The van der Waals surface area contributed by atoms with Crippen molar-refractivity contribution in [1.29, 1.82) is 0 Å². The summed E-state index contributed by atoms with van der Waals surface area (Å²) in [7, 11) is -2.26. The molecule has 2 rings (SSSR count). The van der Waals surface area contributed by atoms with E-state index in [-0.39, 0.29) is 5.04 Å².